The van der Waals surface area contributed by atoms with E-state index in [1.54, 1.807) is 6.07 Å². The zero-order valence-corrected chi connectivity index (χ0v) is 15.2. The fourth-order valence-corrected chi connectivity index (χ4v) is 3.60. The predicted molar refractivity (Wildman–Crippen MR) is 104 cm³/mol. The monoisotopic (exact) mass is 355 g/mol. The van der Waals surface area contributed by atoms with Gasteiger partial charge in [-0.1, -0.05) is 18.2 Å². The molecule has 1 aliphatic heterocycles. The number of amides is 1. The van der Waals surface area contributed by atoms with Crippen LogP contribution in [0.2, 0.25) is 0 Å². The van der Waals surface area contributed by atoms with Crippen LogP contribution in [0.3, 0.4) is 0 Å². The quantitative estimate of drug-likeness (QED) is 0.808. The van der Waals surface area contributed by atoms with Crippen LogP contribution in [-0.2, 0) is 11.2 Å². The van der Waals surface area contributed by atoms with Gasteiger partial charge in [0.2, 0.25) is 5.91 Å². The molecule has 1 atom stereocenters. The van der Waals surface area contributed by atoms with Crippen LogP contribution in [0.4, 0.5) is 15.8 Å². The topological polar surface area (TPSA) is 58.4 Å². The molecule has 0 bridgehead atoms. The molecule has 1 saturated heterocycles. The van der Waals surface area contributed by atoms with Gasteiger partial charge in [-0.2, -0.15) is 0 Å². The lowest BCUT2D eigenvalue weighted by molar-refractivity contribution is -0.121. The van der Waals surface area contributed by atoms with E-state index in [2.05, 4.69) is 10.2 Å². The van der Waals surface area contributed by atoms with Crippen molar-refractivity contribution in [3.8, 4) is 0 Å². The molecule has 0 aliphatic carbocycles. The first-order chi connectivity index (χ1) is 12.5. The van der Waals surface area contributed by atoms with Crippen LogP contribution in [-0.4, -0.2) is 25.0 Å². The first kappa shape index (κ1) is 18.2. The van der Waals surface area contributed by atoms with Gasteiger partial charge in [0.15, 0.2) is 0 Å². The van der Waals surface area contributed by atoms with Gasteiger partial charge in [0.05, 0.1) is 0 Å². The molecule has 2 aromatic carbocycles. The number of carbonyl (C=O) groups excluding carboxylic acids is 1. The van der Waals surface area contributed by atoms with Crippen molar-refractivity contribution in [3.63, 3.8) is 0 Å². The van der Waals surface area contributed by atoms with E-state index in [1.807, 2.05) is 37.3 Å². The van der Waals surface area contributed by atoms with E-state index in [0.29, 0.717) is 12.8 Å². The molecule has 0 saturated carbocycles. The number of para-hydroxylation sites is 1. The Hall–Kier alpha value is -2.56. The van der Waals surface area contributed by atoms with Gasteiger partial charge < -0.3 is 16.0 Å². The number of carbonyl (C=O) groups is 1. The van der Waals surface area contributed by atoms with Crippen molar-refractivity contribution in [1.29, 1.82) is 0 Å². The van der Waals surface area contributed by atoms with E-state index in [9.17, 15) is 9.18 Å². The average Bonchev–Trinajstić information content (AvgIpc) is 2.61. The summed E-state index contributed by atoms with van der Waals surface area (Å²) in [6, 6.07) is 12.7. The molecule has 1 fully saturated rings. The molecular formula is C21H26FN3O. The van der Waals surface area contributed by atoms with Crippen LogP contribution in [0.5, 0.6) is 0 Å². The number of hydrogen-bond acceptors (Lipinski definition) is 3. The molecule has 1 amide bonds. The second kappa shape index (κ2) is 8.21. The molecule has 1 heterocycles. The van der Waals surface area contributed by atoms with Gasteiger partial charge in [0.1, 0.15) is 5.82 Å². The van der Waals surface area contributed by atoms with E-state index >= 15 is 0 Å². The molecule has 0 aromatic heterocycles. The number of nitrogens with zero attached hydrogens (tertiary/aromatic N) is 1. The van der Waals surface area contributed by atoms with Gasteiger partial charge in [-0.15, -0.1) is 0 Å². The Kier molecular flexibility index (Phi) is 5.76. The van der Waals surface area contributed by atoms with Crippen molar-refractivity contribution in [3.05, 3.63) is 59.4 Å². The minimum Gasteiger partial charge on any atom is -0.399 e. The van der Waals surface area contributed by atoms with Crippen molar-refractivity contribution in [2.75, 3.05) is 23.7 Å². The van der Waals surface area contributed by atoms with E-state index in [1.165, 1.54) is 6.07 Å². The zero-order chi connectivity index (χ0) is 18.5. The van der Waals surface area contributed by atoms with E-state index in [-0.39, 0.29) is 17.8 Å². The summed E-state index contributed by atoms with van der Waals surface area (Å²) in [6.45, 7) is 3.61. The minimum absolute atomic E-state index is 0.0518. The molecule has 0 radical (unpaired) electrons. The van der Waals surface area contributed by atoms with Crippen LogP contribution < -0.4 is 16.0 Å². The van der Waals surface area contributed by atoms with Gasteiger partial charge in [0.25, 0.3) is 0 Å². The zero-order valence-electron chi connectivity index (χ0n) is 15.2. The van der Waals surface area contributed by atoms with E-state index < -0.39 is 0 Å². The lowest BCUT2D eigenvalue weighted by Gasteiger charge is -2.35. The Morgan fingerprint density at radius 2 is 2.12 bits per heavy atom. The highest BCUT2D eigenvalue weighted by Gasteiger charge is 2.22. The predicted octanol–water partition coefficient (Wildman–Crippen LogP) is 3.43. The standard InChI is InChI=1S/C21H26FN3O/c1-15-13-17(22)9-10-20(15)25-12-4-6-18(14-25)24-21(26)11-8-16-5-2-3-7-19(16)23/h2-3,5,7,9-10,13,18H,4,6,8,11-12,14,23H2,1H3,(H,24,26). The molecule has 4 nitrogen and oxygen atoms in total. The van der Waals surface area contributed by atoms with Crippen molar-refractivity contribution < 1.29 is 9.18 Å². The normalized spacial score (nSPS) is 17.2. The summed E-state index contributed by atoms with van der Waals surface area (Å²) >= 11 is 0. The van der Waals surface area contributed by atoms with Crippen molar-refractivity contribution in [2.24, 2.45) is 0 Å². The number of anilines is 2. The number of rotatable bonds is 5. The lowest BCUT2D eigenvalue weighted by atomic mass is 10.0. The third kappa shape index (κ3) is 4.54. The Labute approximate surface area is 154 Å². The molecule has 1 unspecified atom stereocenters. The number of halogens is 1. The third-order valence-electron chi connectivity index (χ3n) is 4.96. The van der Waals surface area contributed by atoms with Gasteiger partial charge in [-0.3, -0.25) is 4.79 Å². The SMILES string of the molecule is Cc1cc(F)ccc1N1CCCC(NC(=O)CCc2ccccc2N)C1. The molecule has 138 valence electrons. The Morgan fingerprint density at radius 1 is 1.31 bits per heavy atom. The van der Waals surface area contributed by atoms with Crippen molar-refractivity contribution >= 4 is 17.3 Å². The summed E-state index contributed by atoms with van der Waals surface area (Å²) in [7, 11) is 0. The molecule has 1 aliphatic rings. The maximum absolute atomic E-state index is 13.3. The second-order valence-electron chi connectivity index (χ2n) is 6.98. The minimum atomic E-state index is -0.215. The van der Waals surface area contributed by atoms with Gasteiger partial charge in [-0.05, 0) is 61.6 Å². The Bertz CT molecular complexity index is 778. The van der Waals surface area contributed by atoms with Crippen LogP contribution in [0.1, 0.15) is 30.4 Å². The summed E-state index contributed by atoms with van der Waals surface area (Å²) < 4.78 is 13.3. The number of benzene rings is 2. The van der Waals surface area contributed by atoms with Crippen LogP contribution >= 0.6 is 0 Å². The number of nitrogens with one attached hydrogen (secondary N) is 1. The van der Waals surface area contributed by atoms with Crippen LogP contribution in [0.15, 0.2) is 42.5 Å². The largest absolute Gasteiger partial charge is 0.399 e. The smallest absolute Gasteiger partial charge is 0.220 e. The molecular weight excluding hydrogens is 329 g/mol. The summed E-state index contributed by atoms with van der Waals surface area (Å²) in [5.74, 6) is -0.163. The highest BCUT2D eigenvalue weighted by atomic mass is 19.1. The van der Waals surface area contributed by atoms with Gasteiger partial charge >= 0.3 is 0 Å². The molecule has 0 spiro atoms. The van der Waals surface area contributed by atoms with Crippen molar-refractivity contribution in [1.82, 2.24) is 5.32 Å². The summed E-state index contributed by atoms with van der Waals surface area (Å²) in [6.07, 6.45) is 3.05. The molecule has 5 heteroatoms. The van der Waals surface area contributed by atoms with Crippen LogP contribution in [0, 0.1) is 12.7 Å². The highest BCUT2D eigenvalue weighted by molar-refractivity contribution is 5.77. The van der Waals surface area contributed by atoms with Gasteiger partial charge in [-0.25, -0.2) is 4.39 Å². The second-order valence-corrected chi connectivity index (χ2v) is 6.98. The van der Waals surface area contributed by atoms with E-state index in [0.717, 1.165) is 48.4 Å². The van der Waals surface area contributed by atoms with E-state index in [4.69, 9.17) is 5.73 Å². The molecule has 3 N–H and O–H groups in total. The third-order valence-corrected chi connectivity index (χ3v) is 4.96. The Morgan fingerprint density at radius 3 is 2.88 bits per heavy atom. The number of hydrogen-bond donors (Lipinski definition) is 2. The average molecular weight is 355 g/mol. The first-order valence-corrected chi connectivity index (χ1v) is 9.17. The number of nitrogen functional groups attached to an aromatic ring is 1. The summed E-state index contributed by atoms with van der Waals surface area (Å²) in [5.41, 5.74) is 9.65. The number of nitrogens with two attached hydrogens (primary N) is 1. The van der Waals surface area contributed by atoms with Crippen LogP contribution in [0.25, 0.3) is 0 Å². The first-order valence-electron chi connectivity index (χ1n) is 9.17. The molecule has 2 aromatic rings. The molecule has 26 heavy (non-hydrogen) atoms. The fourth-order valence-electron chi connectivity index (χ4n) is 3.60. The van der Waals surface area contributed by atoms with Gasteiger partial charge in [0, 0.05) is 36.9 Å². The van der Waals surface area contributed by atoms with Crippen molar-refractivity contribution in [2.45, 2.75) is 38.6 Å². The summed E-state index contributed by atoms with van der Waals surface area (Å²) in [5, 5.41) is 3.14. The Balaban J connectivity index is 1.54. The maximum Gasteiger partial charge on any atom is 0.220 e. The highest BCUT2D eigenvalue weighted by Crippen LogP contribution is 2.24. The maximum atomic E-state index is 13.3. The number of piperidine rings is 1. The lowest BCUT2D eigenvalue weighted by Crippen LogP contribution is -2.48. The fraction of sp³-hybridized carbons (Fsp3) is 0.381. The molecule has 3 rings (SSSR count). The summed E-state index contributed by atoms with van der Waals surface area (Å²) in [4.78, 5) is 14.6. The number of aryl methyl sites for hydroxylation is 2.